The SMILES string of the molecule is COC(=O)c1ccc(CN(CCO)Cc2ccccc2)cc1. The summed E-state index contributed by atoms with van der Waals surface area (Å²) in [5.41, 5.74) is 2.85. The second-order valence-corrected chi connectivity index (χ2v) is 5.11. The molecule has 0 saturated heterocycles. The molecule has 2 aromatic carbocycles. The number of aliphatic hydroxyl groups is 1. The first-order chi connectivity index (χ1) is 10.7. The summed E-state index contributed by atoms with van der Waals surface area (Å²) in [5, 5.41) is 9.24. The Balaban J connectivity index is 2.02. The van der Waals surface area contributed by atoms with Gasteiger partial charge in [-0.15, -0.1) is 0 Å². The molecule has 0 saturated carbocycles. The van der Waals surface area contributed by atoms with E-state index in [1.54, 1.807) is 12.1 Å². The van der Waals surface area contributed by atoms with Gasteiger partial charge in [0.05, 0.1) is 19.3 Å². The third-order valence-corrected chi connectivity index (χ3v) is 3.45. The molecule has 0 fully saturated rings. The average molecular weight is 299 g/mol. The van der Waals surface area contributed by atoms with Crippen LogP contribution < -0.4 is 0 Å². The molecule has 0 spiro atoms. The van der Waals surface area contributed by atoms with Crippen molar-refractivity contribution in [3.8, 4) is 0 Å². The van der Waals surface area contributed by atoms with E-state index in [-0.39, 0.29) is 12.6 Å². The van der Waals surface area contributed by atoms with Gasteiger partial charge >= 0.3 is 5.97 Å². The molecular formula is C18H21NO3. The number of benzene rings is 2. The van der Waals surface area contributed by atoms with Crippen LogP contribution in [0.2, 0.25) is 0 Å². The number of methoxy groups -OCH3 is 1. The molecule has 4 heteroatoms. The van der Waals surface area contributed by atoms with Gasteiger partial charge in [0.25, 0.3) is 0 Å². The quantitative estimate of drug-likeness (QED) is 0.798. The maximum atomic E-state index is 11.4. The monoisotopic (exact) mass is 299 g/mol. The maximum absolute atomic E-state index is 11.4. The fraction of sp³-hybridized carbons (Fsp3) is 0.278. The van der Waals surface area contributed by atoms with Crippen molar-refractivity contribution in [3.63, 3.8) is 0 Å². The Bertz CT molecular complexity index is 581. The predicted molar refractivity (Wildman–Crippen MR) is 85.4 cm³/mol. The smallest absolute Gasteiger partial charge is 0.337 e. The van der Waals surface area contributed by atoms with Crippen LogP contribution in [0.1, 0.15) is 21.5 Å². The van der Waals surface area contributed by atoms with Crippen LogP contribution in [0.5, 0.6) is 0 Å². The van der Waals surface area contributed by atoms with E-state index in [1.807, 2.05) is 30.3 Å². The van der Waals surface area contributed by atoms with Crippen molar-refractivity contribution >= 4 is 5.97 Å². The highest BCUT2D eigenvalue weighted by Crippen LogP contribution is 2.11. The Hall–Kier alpha value is -2.17. The molecule has 0 atom stereocenters. The minimum atomic E-state index is -0.331. The summed E-state index contributed by atoms with van der Waals surface area (Å²) in [7, 11) is 1.37. The number of rotatable bonds is 7. The van der Waals surface area contributed by atoms with Gasteiger partial charge in [-0.2, -0.15) is 0 Å². The zero-order valence-corrected chi connectivity index (χ0v) is 12.7. The van der Waals surface area contributed by atoms with Gasteiger partial charge in [0.2, 0.25) is 0 Å². The van der Waals surface area contributed by atoms with Gasteiger partial charge in [-0.3, -0.25) is 4.90 Å². The minimum absolute atomic E-state index is 0.118. The van der Waals surface area contributed by atoms with Gasteiger partial charge in [0, 0.05) is 19.6 Å². The van der Waals surface area contributed by atoms with E-state index in [9.17, 15) is 9.90 Å². The lowest BCUT2D eigenvalue weighted by molar-refractivity contribution is 0.0600. The van der Waals surface area contributed by atoms with Gasteiger partial charge in [-0.05, 0) is 23.3 Å². The average Bonchev–Trinajstić information content (AvgIpc) is 2.56. The van der Waals surface area contributed by atoms with E-state index >= 15 is 0 Å². The largest absolute Gasteiger partial charge is 0.465 e. The Morgan fingerprint density at radius 2 is 1.59 bits per heavy atom. The molecule has 116 valence electrons. The summed E-state index contributed by atoms with van der Waals surface area (Å²) in [4.78, 5) is 13.6. The molecule has 0 aliphatic carbocycles. The lowest BCUT2D eigenvalue weighted by Gasteiger charge is -2.21. The van der Waals surface area contributed by atoms with E-state index in [4.69, 9.17) is 4.74 Å². The summed E-state index contributed by atoms with van der Waals surface area (Å²) in [6.07, 6.45) is 0. The molecule has 0 aliphatic rings. The van der Waals surface area contributed by atoms with Gasteiger partial charge in [-0.25, -0.2) is 4.79 Å². The Morgan fingerprint density at radius 1 is 1.00 bits per heavy atom. The van der Waals surface area contributed by atoms with Crippen LogP contribution in [0.4, 0.5) is 0 Å². The molecule has 0 heterocycles. The lowest BCUT2D eigenvalue weighted by Crippen LogP contribution is -2.26. The van der Waals surface area contributed by atoms with E-state index in [2.05, 4.69) is 17.0 Å². The third kappa shape index (κ3) is 4.69. The van der Waals surface area contributed by atoms with Crippen molar-refractivity contribution in [2.75, 3.05) is 20.3 Å². The fourth-order valence-electron chi connectivity index (χ4n) is 2.32. The molecule has 22 heavy (non-hydrogen) atoms. The van der Waals surface area contributed by atoms with Crippen LogP contribution in [0.3, 0.4) is 0 Å². The summed E-state index contributed by atoms with van der Waals surface area (Å²) in [6, 6.07) is 17.5. The van der Waals surface area contributed by atoms with Crippen LogP contribution in [0, 0.1) is 0 Å². The first-order valence-corrected chi connectivity index (χ1v) is 7.27. The van der Waals surface area contributed by atoms with Crippen molar-refractivity contribution in [1.29, 1.82) is 0 Å². The zero-order valence-electron chi connectivity index (χ0n) is 12.7. The van der Waals surface area contributed by atoms with Crippen molar-refractivity contribution in [2.24, 2.45) is 0 Å². The van der Waals surface area contributed by atoms with Crippen LogP contribution in [-0.4, -0.2) is 36.2 Å². The van der Waals surface area contributed by atoms with Gasteiger partial charge in [0.1, 0.15) is 0 Å². The van der Waals surface area contributed by atoms with Crippen molar-refractivity contribution < 1.29 is 14.6 Å². The highest BCUT2D eigenvalue weighted by atomic mass is 16.5. The molecule has 2 aromatic rings. The van der Waals surface area contributed by atoms with Gasteiger partial charge in [0.15, 0.2) is 0 Å². The van der Waals surface area contributed by atoms with Crippen molar-refractivity contribution in [3.05, 3.63) is 71.3 Å². The topological polar surface area (TPSA) is 49.8 Å². The number of ether oxygens (including phenoxy) is 1. The van der Waals surface area contributed by atoms with Crippen LogP contribution in [0.25, 0.3) is 0 Å². The number of nitrogens with zero attached hydrogens (tertiary/aromatic N) is 1. The molecule has 1 N–H and O–H groups in total. The standard InChI is InChI=1S/C18H21NO3/c1-22-18(21)17-9-7-16(8-10-17)14-19(11-12-20)13-15-5-3-2-4-6-15/h2-10,20H,11-14H2,1H3. The lowest BCUT2D eigenvalue weighted by atomic mass is 10.1. The second kappa shape index (κ2) is 8.32. The molecule has 0 aromatic heterocycles. The van der Waals surface area contributed by atoms with Crippen LogP contribution in [0.15, 0.2) is 54.6 Å². The normalized spacial score (nSPS) is 10.7. The minimum Gasteiger partial charge on any atom is -0.465 e. The summed E-state index contributed by atoms with van der Waals surface area (Å²) >= 11 is 0. The van der Waals surface area contributed by atoms with Crippen LogP contribution >= 0.6 is 0 Å². The Morgan fingerprint density at radius 3 is 2.14 bits per heavy atom. The molecule has 2 rings (SSSR count). The Labute approximate surface area is 131 Å². The van der Waals surface area contributed by atoms with Crippen LogP contribution in [-0.2, 0) is 17.8 Å². The maximum Gasteiger partial charge on any atom is 0.337 e. The highest BCUT2D eigenvalue weighted by molar-refractivity contribution is 5.89. The van der Waals surface area contributed by atoms with Crippen molar-refractivity contribution in [1.82, 2.24) is 4.90 Å². The first-order valence-electron chi connectivity index (χ1n) is 7.27. The Kier molecular flexibility index (Phi) is 6.13. The zero-order chi connectivity index (χ0) is 15.8. The predicted octanol–water partition coefficient (Wildman–Crippen LogP) is 2.47. The molecule has 0 aliphatic heterocycles. The number of hydrogen-bond donors (Lipinski definition) is 1. The fourth-order valence-corrected chi connectivity index (χ4v) is 2.32. The highest BCUT2D eigenvalue weighted by Gasteiger charge is 2.08. The van der Waals surface area contributed by atoms with E-state index in [0.29, 0.717) is 12.1 Å². The molecule has 0 amide bonds. The van der Waals surface area contributed by atoms with Crippen molar-refractivity contribution in [2.45, 2.75) is 13.1 Å². The molecule has 0 unspecified atom stereocenters. The summed E-state index contributed by atoms with van der Waals surface area (Å²) in [5.74, 6) is -0.331. The van der Waals surface area contributed by atoms with E-state index in [1.165, 1.54) is 12.7 Å². The first kappa shape index (κ1) is 16.2. The molecule has 0 bridgehead atoms. The number of aliphatic hydroxyl groups excluding tert-OH is 1. The number of carbonyl (C=O) groups excluding carboxylic acids is 1. The number of carbonyl (C=O) groups is 1. The summed E-state index contributed by atoms with van der Waals surface area (Å²) < 4.78 is 4.69. The molecule has 0 radical (unpaired) electrons. The second-order valence-electron chi connectivity index (χ2n) is 5.11. The summed E-state index contributed by atoms with van der Waals surface area (Å²) in [6.45, 7) is 2.22. The van der Waals surface area contributed by atoms with E-state index in [0.717, 1.165) is 18.7 Å². The van der Waals surface area contributed by atoms with Gasteiger partial charge in [-0.1, -0.05) is 42.5 Å². The molecule has 4 nitrogen and oxygen atoms in total. The number of hydrogen-bond acceptors (Lipinski definition) is 4. The third-order valence-electron chi connectivity index (χ3n) is 3.45. The van der Waals surface area contributed by atoms with Gasteiger partial charge < -0.3 is 9.84 Å². The molecular weight excluding hydrogens is 278 g/mol. The number of esters is 1. The van der Waals surface area contributed by atoms with E-state index < -0.39 is 0 Å².